The lowest BCUT2D eigenvalue weighted by atomic mass is 9.98. The first-order chi connectivity index (χ1) is 11.7. The van der Waals surface area contributed by atoms with Gasteiger partial charge in [-0.25, -0.2) is 0 Å². The van der Waals surface area contributed by atoms with Crippen molar-refractivity contribution in [3.8, 4) is 11.8 Å². The molecule has 0 saturated carbocycles. The third kappa shape index (κ3) is 3.44. The Hall–Kier alpha value is -2.32. The minimum absolute atomic E-state index is 0.0276. The smallest absolute Gasteiger partial charge is 0.261 e. The Morgan fingerprint density at radius 1 is 1.38 bits per heavy atom. The van der Waals surface area contributed by atoms with Gasteiger partial charge < -0.3 is 9.64 Å². The molecule has 0 unspecified atom stereocenters. The number of hydrogen-bond donors (Lipinski definition) is 0. The fourth-order valence-electron chi connectivity index (χ4n) is 3.16. The predicted molar refractivity (Wildman–Crippen MR) is 94.0 cm³/mol. The third-order valence-electron chi connectivity index (χ3n) is 4.37. The van der Waals surface area contributed by atoms with E-state index in [0.717, 1.165) is 24.9 Å². The number of fused-ring (bicyclic) bond motifs is 1. The molecule has 24 heavy (non-hydrogen) atoms. The Morgan fingerprint density at radius 2 is 2.17 bits per heavy atom. The maximum atomic E-state index is 12.6. The van der Waals surface area contributed by atoms with Gasteiger partial charge in [0.1, 0.15) is 5.75 Å². The molecule has 4 nitrogen and oxygen atoms in total. The molecule has 2 heterocycles. The van der Waals surface area contributed by atoms with Crippen LogP contribution in [0.5, 0.6) is 5.75 Å². The minimum atomic E-state index is 0.0276. The summed E-state index contributed by atoms with van der Waals surface area (Å²) < 4.78 is 5.64. The third-order valence-corrected chi connectivity index (χ3v) is 5.37. The standard InChI is InChI=1S/C19H20N2O2S/c1-2-17-16-9-12-24-18(16)8-11-21(17)19(22)13-23-15-5-3-14(4-6-15)7-10-20/h3-6,9,12,17H,2,7-8,11,13H2,1H3/t17-/m1/s1. The number of thiophene rings is 1. The van der Waals surface area contributed by atoms with Gasteiger partial charge in [-0.15, -0.1) is 11.3 Å². The highest BCUT2D eigenvalue weighted by atomic mass is 32.1. The SMILES string of the molecule is CC[C@@H]1c2ccsc2CCN1C(=O)COc1ccc(CC#N)cc1. The lowest BCUT2D eigenvalue weighted by Crippen LogP contribution is -2.41. The number of nitrogens with zero attached hydrogens (tertiary/aromatic N) is 2. The van der Waals surface area contributed by atoms with E-state index < -0.39 is 0 Å². The molecule has 0 N–H and O–H groups in total. The minimum Gasteiger partial charge on any atom is -0.484 e. The normalized spacial score (nSPS) is 16.3. The average molecular weight is 340 g/mol. The number of amides is 1. The van der Waals surface area contributed by atoms with Gasteiger partial charge in [-0.05, 0) is 47.5 Å². The van der Waals surface area contributed by atoms with E-state index in [1.54, 1.807) is 11.3 Å². The van der Waals surface area contributed by atoms with E-state index in [9.17, 15) is 4.79 Å². The van der Waals surface area contributed by atoms with Gasteiger partial charge in [-0.2, -0.15) is 5.26 Å². The summed E-state index contributed by atoms with van der Waals surface area (Å²) in [6, 6.07) is 11.8. The first kappa shape index (κ1) is 16.5. The molecule has 2 aromatic rings. The van der Waals surface area contributed by atoms with Gasteiger partial charge in [-0.1, -0.05) is 19.1 Å². The van der Waals surface area contributed by atoms with Crippen LogP contribution in [0, 0.1) is 11.3 Å². The molecular weight excluding hydrogens is 320 g/mol. The van der Waals surface area contributed by atoms with Crippen molar-refractivity contribution in [1.29, 1.82) is 5.26 Å². The average Bonchev–Trinajstić information content (AvgIpc) is 3.09. The second-order valence-electron chi connectivity index (χ2n) is 5.83. The number of carbonyl (C=O) groups excluding carboxylic acids is 1. The van der Waals surface area contributed by atoms with E-state index in [2.05, 4.69) is 24.4 Å². The summed E-state index contributed by atoms with van der Waals surface area (Å²) in [4.78, 5) is 15.9. The summed E-state index contributed by atoms with van der Waals surface area (Å²) in [5.74, 6) is 0.686. The zero-order valence-electron chi connectivity index (χ0n) is 13.7. The number of carbonyl (C=O) groups is 1. The second kappa shape index (κ2) is 7.50. The fourth-order valence-corrected chi connectivity index (χ4v) is 4.09. The van der Waals surface area contributed by atoms with Crippen LogP contribution in [0.4, 0.5) is 0 Å². The number of hydrogen-bond acceptors (Lipinski definition) is 4. The number of benzene rings is 1. The molecule has 1 amide bonds. The number of nitriles is 1. The topological polar surface area (TPSA) is 53.3 Å². The highest BCUT2D eigenvalue weighted by Gasteiger charge is 2.30. The van der Waals surface area contributed by atoms with Crippen LogP contribution in [-0.2, 0) is 17.6 Å². The Morgan fingerprint density at radius 3 is 2.88 bits per heavy atom. The molecule has 0 saturated heterocycles. The zero-order valence-corrected chi connectivity index (χ0v) is 14.5. The van der Waals surface area contributed by atoms with Crippen molar-refractivity contribution < 1.29 is 9.53 Å². The van der Waals surface area contributed by atoms with Gasteiger partial charge >= 0.3 is 0 Å². The van der Waals surface area contributed by atoms with Crippen molar-refractivity contribution in [2.75, 3.05) is 13.2 Å². The molecule has 124 valence electrons. The van der Waals surface area contributed by atoms with E-state index in [-0.39, 0.29) is 18.6 Å². The van der Waals surface area contributed by atoms with Crippen molar-refractivity contribution in [2.45, 2.75) is 32.2 Å². The highest BCUT2D eigenvalue weighted by Crippen LogP contribution is 2.35. The van der Waals surface area contributed by atoms with Crippen LogP contribution in [0.1, 0.15) is 35.4 Å². The molecule has 0 radical (unpaired) electrons. The van der Waals surface area contributed by atoms with Crippen LogP contribution in [0.15, 0.2) is 35.7 Å². The molecule has 0 fully saturated rings. The van der Waals surface area contributed by atoms with Crippen LogP contribution >= 0.6 is 11.3 Å². The maximum Gasteiger partial charge on any atom is 0.261 e. The molecule has 0 aliphatic carbocycles. The largest absolute Gasteiger partial charge is 0.484 e. The van der Waals surface area contributed by atoms with Crippen LogP contribution in [0.3, 0.4) is 0 Å². The Labute approximate surface area is 146 Å². The van der Waals surface area contributed by atoms with Crippen molar-refractivity contribution in [3.63, 3.8) is 0 Å². The molecule has 1 aromatic heterocycles. The predicted octanol–water partition coefficient (Wildman–Crippen LogP) is 3.73. The Kier molecular flexibility index (Phi) is 5.17. The lowest BCUT2D eigenvalue weighted by molar-refractivity contribution is -0.136. The maximum absolute atomic E-state index is 12.6. The molecule has 5 heteroatoms. The van der Waals surface area contributed by atoms with Gasteiger partial charge in [0, 0.05) is 11.4 Å². The first-order valence-corrected chi connectivity index (χ1v) is 9.05. The summed E-state index contributed by atoms with van der Waals surface area (Å²) in [7, 11) is 0. The molecule has 1 atom stereocenters. The van der Waals surface area contributed by atoms with Crippen molar-refractivity contribution in [3.05, 3.63) is 51.7 Å². The van der Waals surface area contributed by atoms with E-state index in [1.165, 1.54) is 10.4 Å². The molecule has 3 rings (SSSR count). The summed E-state index contributed by atoms with van der Waals surface area (Å²) in [5, 5.41) is 10.8. The second-order valence-corrected chi connectivity index (χ2v) is 6.83. The van der Waals surface area contributed by atoms with E-state index in [1.807, 2.05) is 29.2 Å². The molecule has 1 aliphatic rings. The Bertz CT molecular complexity index is 745. The lowest BCUT2D eigenvalue weighted by Gasteiger charge is -2.35. The summed E-state index contributed by atoms with van der Waals surface area (Å²) in [5.41, 5.74) is 2.24. The van der Waals surface area contributed by atoms with Crippen LogP contribution in [0.25, 0.3) is 0 Å². The summed E-state index contributed by atoms with van der Waals surface area (Å²) in [6.07, 6.45) is 2.23. The molecular formula is C19H20N2O2S. The van der Waals surface area contributed by atoms with Gasteiger partial charge in [0.2, 0.25) is 0 Å². The molecule has 0 spiro atoms. The van der Waals surface area contributed by atoms with Gasteiger partial charge in [-0.3, -0.25) is 4.79 Å². The van der Waals surface area contributed by atoms with Crippen LogP contribution in [-0.4, -0.2) is 24.0 Å². The van der Waals surface area contributed by atoms with Crippen molar-refractivity contribution in [2.24, 2.45) is 0 Å². The van der Waals surface area contributed by atoms with Crippen molar-refractivity contribution in [1.82, 2.24) is 4.90 Å². The van der Waals surface area contributed by atoms with E-state index in [0.29, 0.717) is 12.2 Å². The van der Waals surface area contributed by atoms with Gasteiger partial charge in [0.05, 0.1) is 18.5 Å². The molecule has 0 bridgehead atoms. The molecule has 1 aliphatic heterocycles. The van der Waals surface area contributed by atoms with Gasteiger partial charge in [0.25, 0.3) is 5.91 Å². The van der Waals surface area contributed by atoms with Crippen LogP contribution < -0.4 is 4.74 Å². The van der Waals surface area contributed by atoms with Gasteiger partial charge in [0.15, 0.2) is 6.61 Å². The van der Waals surface area contributed by atoms with Crippen LogP contribution in [0.2, 0.25) is 0 Å². The van der Waals surface area contributed by atoms with Crippen molar-refractivity contribution >= 4 is 17.2 Å². The number of rotatable bonds is 5. The quantitative estimate of drug-likeness (QED) is 0.833. The molecule has 1 aromatic carbocycles. The summed E-state index contributed by atoms with van der Waals surface area (Å²) >= 11 is 1.78. The highest BCUT2D eigenvalue weighted by molar-refractivity contribution is 7.10. The first-order valence-electron chi connectivity index (χ1n) is 8.17. The monoisotopic (exact) mass is 340 g/mol. The fraction of sp³-hybridized carbons (Fsp3) is 0.368. The van der Waals surface area contributed by atoms with E-state index >= 15 is 0 Å². The number of ether oxygens (including phenoxy) is 1. The Balaban J connectivity index is 1.62. The summed E-state index contributed by atoms with van der Waals surface area (Å²) in [6.45, 7) is 2.93. The van der Waals surface area contributed by atoms with E-state index in [4.69, 9.17) is 10.00 Å². The zero-order chi connectivity index (χ0) is 16.9.